The quantitative estimate of drug-likeness (QED) is 0.579. The molecule has 0 fully saturated rings. The van der Waals surface area contributed by atoms with E-state index >= 15 is 0 Å². The van der Waals surface area contributed by atoms with Gasteiger partial charge >= 0.3 is 6.03 Å². The molecule has 0 radical (unpaired) electrons. The molecule has 0 aliphatic carbocycles. The minimum atomic E-state index is -0.458. The van der Waals surface area contributed by atoms with Crippen LogP contribution in [0.25, 0.3) is 6.08 Å². The van der Waals surface area contributed by atoms with Crippen LogP contribution in [0.5, 0.6) is 0 Å². The average Bonchev–Trinajstić information content (AvgIpc) is 2.35. The van der Waals surface area contributed by atoms with Crippen molar-refractivity contribution >= 4 is 35.3 Å². The van der Waals surface area contributed by atoms with E-state index in [4.69, 9.17) is 12.2 Å². The molecule has 0 atom stereocenters. The van der Waals surface area contributed by atoms with Crippen LogP contribution in [0, 0.1) is 0 Å². The predicted molar refractivity (Wildman–Crippen MR) is 87.6 cm³/mol. The first-order valence-corrected chi connectivity index (χ1v) is 6.84. The third-order valence-electron chi connectivity index (χ3n) is 2.18. The second-order valence-corrected chi connectivity index (χ2v) is 5.80. The minimum absolute atomic E-state index is 0.0422. The van der Waals surface area contributed by atoms with Crippen molar-refractivity contribution in [3.8, 4) is 0 Å². The van der Waals surface area contributed by atoms with Crippen LogP contribution >= 0.6 is 12.2 Å². The monoisotopic (exact) mass is 305 g/mol. The fourth-order valence-corrected chi connectivity index (χ4v) is 1.59. The largest absolute Gasteiger partial charge is 0.333 e. The van der Waals surface area contributed by atoms with E-state index in [9.17, 15) is 9.59 Å². The molecule has 0 aromatic heterocycles. The molecule has 0 aliphatic heterocycles. The van der Waals surface area contributed by atoms with Crippen LogP contribution in [-0.4, -0.2) is 22.6 Å². The lowest BCUT2D eigenvalue weighted by Gasteiger charge is -2.20. The SMILES string of the molecule is CC(C)(C)NC(=O)NC(=S)NC(=O)/C=C/c1ccccc1. The fourth-order valence-electron chi connectivity index (χ4n) is 1.40. The molecule has 5 nitrogen and oxygen atoms in total. The maximum Gasteiger partial charge on any atom is 0.321 e. The number of hydrogen-bond donors (Lipinski definition) is 3. The molecule has 0 heterocycles. The van der Waals surface area contributed by atoms with Gasteiger partial charge in [0.05, 0.1) is 0 Å². The number of thiocarbonyl (C=S) groups is 1. The molecule has 1 rings (SSSR count). The number of amides is 3. The molecule has 0 bridgehead atoms. The van der Waals surface area contributed by atoms with E-state index in [-0.39, 0.29) is 10.7 Å². The zero-order chi connectivity index (χ0) is 15.9. The third-order valence-corrected chi connectivity index (χ3v) is 2.38. The van der Waals surface area contributed by atoms with Gasteiger partial charge in [0.15, 0.2) is 5.11 Å². The summed E-state index contributed by atoms with van der Waals surface area (Å²) in [7, 11) is 0. The highest BCUT2D eigenvalue weighted by atomic mass is 32.1. The highest BCUT2D eigenvalue weighted by Gasteiger charge is 2.14. The van der Waals surface area contributed by atoms with Gasteiger partial charge < -0.3 is 5.32 Å². The molecule has 3 amide bonds. The van der Waals surface area contributed by atoms with Crippen molar-refractivity contribution in [1.82, 2.24) is 16.0 Å². The number of carbonyl (C=O) groups excluding carboxylic acids is 2. The summed E-state index contributed by atoms with van der Waals surface area (Å²) in [6, 6.07) is 8.93. The Bertz CT molecular complexity index is 548. The Morgan fingerprint density at radius 3 is 2.29 bits per heavy atom. The summed E-state index contributed by atoms with van der Waals surface area (Å²) < 4.78 is 0. The van der Waals surface area contributed by atoms with Gasteiger partial charge in [0.25, 0.3) is 0 Å². The van der Waals surface area contributed by atoms with Crippen molar-refractivity contribution in [3.63, 3.8) is 0 Å². The van der Waals surface area contributed by atoms with Gasteiger partial charge in [-0.05, 0) is 44.6 Å². The van der Waals surface area contributed by atoms with Crippen molar-refractivity contribution in [3.05, 3.63) is 42.0 Å². The minimum Gasteiger partial charge on any atom is -0.333 e. The van der Waals surface area contributed by atoms with Crippen molar-refractivity contribution in [2.75, 3.05) is 0 Å². The number of urea groups is 1. The lowest BCUT2D eigenvalue weighted by atomic mass is 10.1. The number of nitrogens with one attached hydrogen (secondary N) is 3. The van der Waals surface area contributed by atoms with Crippen LogP contribution in [0.15, 0.2) is 36.4 Å². The molecular weight excluding hydrogens is 286 g/mol. The average molecular weight is 305 g/mol. The van der Waals surface area contributed by atoms with E-state index in [2.05, 4.69) is 16.0 Å². The molecule has 3 N–H and O–H groups in total. The molecule has 6 heteroatoms. The molecule has 0 saturated heterocycles. The zero-order valence-corrected chi connectivity index (χ0v) is 13.1. The molecule has 0 saturated carbocycles. The third kappa shape index (κ3) is 7.84. The molecule has 0 unspecified atom stereocenters. The van der Waals surface area contributed by atoms with E-state index in [1.807, 2.05) is 51.1 Å². The molecule has 1 aromatic rings. The van der Waals surface area contributed by atoms with Crippen LogP contribution in [0.1, 0.15) is 26.3 Å². The van der Waals surface area contributed by atoms with Crippen LogP contribution < -0.4 is 16.0 Å². The first-order chi connectivity index (χ1) is 9.76. The van der Waals surface area contributed by atoms with Crippen LogP contribution in [0.2, 0.25) is 0 Å². The Kier molecular flexibility index (Phi) is 6.05. The highest BCUT2D eigenvalue weighted by molar-refractivity contribution is 7.80. The standard InChI is InChI=1S/C15H19N3O2S/c1-15(2,3)18-13(20)17-14(21)16-12(19)10-9-11-7-5-4-6-8-11/h4-10H,1-3H3,(H3,16,17,18,19,20,21)/b10-9+. The summed E-state index contributed by atoms with van der Waals surface area (Å²) in [5.41, 5.74) is 0.522. The van der Waals surface area contributed by atoms with E-state index < -0.39 is 11.9 Å². The van der Waals surface area contributed by atoms with Crippen molar-refractivity contribution in [2.45, 2.75) is 26.3 Å². The molecule has 0 aliphatic rings. The van der Waals surface area contributed by atoms with E-state index in [0.29, 0.717) is 0 Å². The molecular formula is C15H19N3O2S. The van der Waals surface area contributed by atoms with Crippen molar-refractivity contribution in [2.24, 2.45) is 0 Å². The van der Waals surface area contributed by atoms with Crippen molar-refractivity contribution < 1.29 is 9.59 Å². The van der Waals surface area contributed by atoms with Crippen molar-refractivity contribution in [1.29, 1.82) is 0 Å². The van der Waals surface area contributed by atoms with E-state index in [0.717, 1.165) is 5.56 Å². The zero-order valence-electron chi connectivity index (χ0n) is 12.3. The first-order valence-electron chi connectivity index (χ1n) is 6.43. The maximum atomic E-state index is 11.6. The Labute approximate surface area is 129 Å². The van der Waals surface area contributed by atoms with Gasteiger partial charge in [0, 0.05) is 11.6 Å². The number of rotatable bonds is 2. The highest BCUT2D eigenvalue weighted by Crippen LogP contribution is 2.00. The van der Waals surface area contributed by atoms with Gasteiger partial charge in [-0.15, -0.1) is 0 Å². The second-order valence-electron chi connectivity index (χ2n) is 5.39. The van der Waals surface area contributed by atoms with E-state index in [1.54, 1.807) is 6.08 Å². The summed E-state index contributed by atoms with van der Waals surface area (Å²) in [6.07, 6.45) is 3.01. The van der Waals surface area contributed by atoms with Gasteiger partial charge in [-0.1, -0.05) is 30.3 Å². The topological polar surface area (TPSA) is 70.2 Å². The van der Waals surface area contributed by atoms with E-state index in [1.165, 1.54) is 6.08 Å². The Balaban J connectivity index is 2.43. The normalized spacial score (nSPS) is 11.0. The molecule has 0 spiro atoms. The summed E-state index contributed by atoms with van der Waals surface area (Å²) in [5, 5.41) is 7.41. The fraction of sp³-hybridized carbons (Fsp3) is 0.267. The maximum absolute atomic E-state index is 11.6. The molecule has 21 heavy (non-hydrogen) atoms. The van der Waals surface area contributed by atoms with Crippen LogP contribution in [-0.2, 0) is 4.79 Å². The van der Waals surface area contributed by atoms with Gasteiger partial charge in [-0.2, -0.15) is 0 Å². The van der Waals surface area contributed by atoms with Gasteiger partial charge in [-0.25, -0.2) is 4.79 Å². The van der Waals surface area contributed by atoms with Gasteiger partial charge in [0.1, 0.15) is 0 Å². The predicted octanol–water partition coefficient (Wildman–Crippen LogP) is 2.20. The summed E-state index contributed by atoms with van der Waals surface area (Å²) in [4.78, 5) is 23.2. The smallest absolute Gasteiger partial charge is 0.321 e. The van der Waals surface area contributed by atoms with Gasteiger partial charge in [-0.3, -0.25) is 15.4 Å². The first kappa shape index (κ1) is 16.8. The lowest BCUT2D eigenvalue weighted by molar-refractivity contribution is -0.115. The summed E-state index contributed by atoms with van der Waals surface area (Å²) >= 11 is 4.89. The number of benzene rings is 1. The Hall–Kier alpha value is -2.21. The van der Waals surface area contributed by atoms with Gasteiger partial charge in [0.2, 0.25) is 5.91 Å². The van der Waals surface area contributed by atoms with Crippen LogP contribution in [0.3, 0.4) is 0 Å². The summed E-state index contributed by atoms with van der Waals surface area (Å²) in [6.45, 7) is 5.53. The van der Waals surface area contributed by atoms with Crippen LogP contribution in [0.4, 0.5) is 4.79 Å². The molecule has 112 valence electrons. The summed E-state index contributed by atoms with van der Waals surface area (Å²) in [5.74, 6) is -0.403. The second kappa shape index (κ2) is 7.54. The Morgan fingerprint density at radius 2 is 1.71 bits per heavy atom. The Morgan fingerprint density at radius 1 is 1.10 bits per heavy atom. The number of hydrogen-bond acceptors (Lipinski definition) is 3. The molecule has 1 aromatic carbocycles. The number of carbonyl (C=O) groups is 2. The lowest BCUT2D eigenvalue weighted by Crippen LogP contribution is -2.51.